The van der Waals surface area contributed by atoms with Gasteiger partial charge in [-0.05, 0) is 37.1 Å². The van der Waals surface area contributed by atoms with E-state index >= 15 is 0 Å². The third-order valence-electron chi connectivity index (χ3n) is 3.33. The monoisotopic (exact) mass is 319 g/mol. The highest BCUT2D eigenvalue weighted by Gasteiger charge is 2.27. The summed E-state index contributed by atoms with van der Waals surface area (Å²) in [6.07, 6.45) is -3.09. The molecule has 2 rings (SSSR count). The Morgan fingerprint density at radius 2 is 1.73 bits per heavy atom. The lowest BCUT2D eigenvalue weighted by Crippen LogP contribution is -2.27. The lowest BCUT2D eigenvalue weighted by atomic mass is 10.3. The van der Waals surface area contributed by atoms with E-state index in [-0.39, 0.29) is 6.61 Å². The van der Waals surface area contributed by atoms with Gasteiger partial charge in [0.05, 0.1) is 6.61 Å². The molecule has 22 heavy (non-hydrogen) atoms. The predicted octanol–water partition coefficient (Wildman–Crippen LogP) is 2.61. The highest BCUT2D eigenvalue weighted by molar-refractivity contribution is 5.49. The van der Waals surface area contributed by atoms with Crippen molar-refractivity contribution in [2.24, 2.45) is 0 Å². The van der Waals surface area contributed by atoms with Crippen molar-refractivity contribution in [2.45, 2.75) is 25.1 Å². The molecule has 0 saturated carbocycles. The molecule has 1 N–H and O–H groups in total. The van der Waals surface area contributed by atoms with Gasteiger partial charge in [-0.2, -0.15) is 13.2 Å². The van der Waals surface area contributed by atoms with Crippen LogP contribution in [0.2, 0.25) is 0 Å². The maximum absolute atomic E-state index is 11.9. The minimum absolute atomic E-state index is 0.110. The summed E-state index contributed by atoms with van der Waals surface area (Å²) in [5.41, 5.74) is 1.12. The number of anilines is 1. The van der Waals surface area contributed by atoms with Crippen LogP contribution in [0.15, 0.2) is 24.3 Å². The van der Waals surface area contributed by atoms with Crippen molar-refractivity contribution in [1.29, 1.82) is 0 Å². The van der Waals surface area contributed by atoms with Crippen molar-refractivity contribution in [2.75, 3.05) is 37.8 Å². The number of alkyl halides is 3. The number of aliphatic hydroxyl groups is 1. The molecule has 1 aliphatic rings. The number of ether oxygens (including phenoxy) is 2. The van der Waals surface area contributed by atoms with Crippen LogP contribution < -0.4 is 9.64 Å². The van der Waals surface area contributed by atoms with Gasteiger partial charge in [0.2, 0.25) is 0 Å². The standard InChI is InChI=1S/C15H20F3NO3/c16-15(17,18)11-21-9-13(20)10-22-14-5-3-12(4-6-14)19-7-1-2-8-19/h3-6,13,20H,1-2,7-11H2. The third kappa shape index (κ3) is 5.73. The molecular weight excluding hydrogens is 299 g/mol. The van der Waals surface area contributed by atoms with Crippen molar-refractivity contribution in [3.05, 3.63) is 24.3 Å². The first kappa shape index (κ1) is 16.9. The number of halogens is 3. The highest BCUT2D eigenvalue weighted by Crippen LogP contribution is 2.23. The molecule has 1 saturated heterocycles. The first-order chi connectivity index (χ1) is 10.4. The predicted molar refractivity (Wildman–Crippen MR) is 76.3 cm³/mol. The van der Waals surface area contributed by atoms with E-state index < -0.39 is 25.5 Å². The second-order valence-electron chi connectivity index (χ2n) is 5.28. The van der Waals surface area contributed by atoms with E-state index in [9.17, 15) is 18.3 Å². The number of aliphatic hydroxyl groups excluding tert-OH is 1. The van der Waals surface area contributed by atoms with Gasteiger partial charge in [0.25, 0.3) is 0 Å². The summed E-state index contributed by atoms with van der Waals surface area (Å²) in [6, 6.07) is 7.45. The van der Waals surface area contributed by atoms with Crippen LogP contribution in [0, 0.1) is 0 Å². The van der Waals surface area contributed by atoms with E-state index in [0.29, 0.717) is 5.75 Å². The molecule has 1 aromatic carbocycles. The molecule has 1 aliphatic heterocycles. The third-order valence-corrected chi connectivity index (χ3v) is 3.33. The lowest BCUT2D eigenvalue weighted by Gasteiger charge is -2.18. The average molecular weight is 319 g/mol. The molecule has 0 radical (unpaired) electrons. The van der Waals surface area contributed by atoms with E-state index in [1.54, 1.807) is 12.1 Å². The van der Waals surface area contributed by atoms with Crippen LogP contribution in [-0.2, 0) is 4.74 Å². The molecule has 124 valence electrons. The summed E-state index contributed by atoms with van der Waals surface area (Å²) in [7, 11) is 0. The zero-order valence-corrected chi connectivity index (χ0v) is 12.2. The molecule has 4 nitrogen and oxygen atoms in total. The summed E-state index contributed by atoms with van der Waals surface area (Å²) < 4.78 is 45.4. The Balaban J connectivity index is 1.69. The van der Waals surface area contributed by atoms with E-state index in [0.717, 1.165) is 18.8 Å². The van der Waals surface area contributed by atoms with Crippen molar-refractivity contribution in [3.63, 3.8) is 0 Å². The van der Waals surface area contributed by atoms with Gasteiger partial charge in [0.15, 0.2) is 0 Å². The molecule has 0 aliphatic carbocycles. The Kier molecular flexibility index (Phi) is 5.90. The van der Waals surface area contributed by atoms with Gasteiger partial charge in [0, 0.05) is 18.8 Å². The maximum atomic E-state index is 11.9. The summed E-state index contributed by atoms with van der Waals surface area (Å²) in [4.78, 5) is 2.28. The van der Waals surface area contributed by atoms with Crippen molar-refractivity contribution < 1.29 is 27.8 Å². The molecular formula is C15H20F3NO3. The Morgan fingerprint density at radius 1 is 1.09 bits per heavy atom. The van der Waals surface area contributed by atoms with Crippen LogP contribution in [0.3, 0.4) is 0 Å². The fourth-order valence-corrected chi connectivity index (χ4v) is 2.28. The van der Waals surface area contributed by atoms with Crippen molar-refractivity contribution in [3.8, 4) is 5.75 Å². The first-order valence-electron chi connectivity index (χ1n) is 7.24. The number of benzene rings is 1. The quantitative estimate of drug-likeness (QED) is 0.839. The summed E-state index contributed by atoms with van der Waals surface area (Å²) in [5.74, 6) is 0.567. The van der Waals surface area contributed by atoms with Crippen LogP contribution in [0.1, 0.15) is 12.8 Å². The van der Waals surface area contributed by atoms with Crippen molar-refractivity contribution in [1.82, 2.24) is 0 Å². The van der Waals surface area contributed by atoms with E-state index in [2.05, 4.69) is 9.64 Å². The maximum Gasteiger partial charge on any atom is 0.411 e. The van der Waals surface area contributed by atoms with E-state index in [1.807, 2.05) is 12.1 Å². The molecule has 0 bridgehead atoms. The molecule has 1 unspecified atom stereocenters. The summed E-state index contributed by atoms with van der Waals surface area (Å²) >= 11 is 0. The van der Waals surface area contributed by atoms with Gasteiger partial charge in [-0.25, -0.2) is 0 Å². The van der Waals surface area contributed by atoms with Gasteiger partial charge in [-0.3, -0.25) is 0 Å². The fraction of sp³-hybridized carbons (Fsp3) is 0.600. The number of rotatable bonds is 7. The Bertz CT molecular complexity index is 444. The Morgan fingerprint density at radius 3 is 2.32 bits per heavy atom. The van der Waals surface area contributed by atoms with Gasteiger partial charge >= 0.3 is 6.18 Å². The fourth-order valence-electron chi connectivity index (χ4n) is 2.28. The lowest BCUT2D eigenvalue weighted by molar-refractivity contribution is -0.179. The molecule has 0 aromatic heterocycles. The number of hydrogen-bond acceptors (Lipinski definition) is 4. The van der Waals surface area contributed by atoms with Crippen LogP contribution in [0.4, 0.5) is 18.9 Å². The van der Waals surface area contributed by atoms with E-state index in [1.165, 1.54) is 12.8 Å². The molecule has 1 atom stereocenters. The van der Waals surface area contributed by atoms with Gasteiger partial charge in [-0.15, -0.1) is 0 Å². The van der Waals surface area contributed by atoms with Crippen LogP contribution in [0.25, 0.3) is 0 Å². The SMILES string of the molecule is OC(COCC(F)(F)F)COc1ccc(N2CCCC2)cc1. The minimum atomic E-state index is -4.38. The van der Waals surface area contributed by atoms with Crippen molar-refractivity contribution >= 4 is 5.69 Å². The smallest absolute Gasteiger partial charge is 0.411 e. The second kappa shape index (κ2) is 7.69. The first-order valence-corrected chi connectivity index (χ1v) is 7.24. The normalized spacial score (nSPS) is 16.8. The second-order valence-corrected chi connectivity index (χ2v) is 5.28. The average Bonchev–Trinajstić information content (AvgIpc) is 2.98. The van der Waals surface area contributed by atoms with Gasteiger partial charge < -0.3 is 19.5 Å². The number of hydrogen-bond donors (Lipinski definition) is 1. The minimum Gasteiger partial charge on any atom is -0.491 e. The van der Waals surface area contributed by atoms with Crippen LogP contribution in [-0.4, -0.2) is 50.3 Å². The highest BCUT2D eigenvalue weighted by atomic mass is 19.4. The molecule has 1 fully saturated rings. The molecule has 0 spiro atoms. The Hall–Kier alpha value is -1.47. The molecule has 7 heteroatoms. The zero-order chi connectivity index (χ0) is 16.0. The molecule has 0 amide bonds. The van der Waals surface area contributed by atoms with E-state index in [4.69, 9.17) is 4.74 Å². The number of nitrogens with zero attached hydrogens (tertiary/aromatic N) is 1. The molecule has 1 heterocycles. The van der Waals surface area contributed by atoms with Gasteiger partial charge in [-0.1, -0.05) is 0 Å². The largest absolute Gasteiger partial charge is 0.491 e. The Labute approximate surface area is 127 Å². The van der Waals surface area contributed by atoms with Crippen LogP contribution >= 0.6 is 0 Å². The van der Waals surface area contributed by atoms with Gasteiger partial charge in [0.1, 0.15) is 25.1 Å². The zero-order valence-electron chi connectivity index (χ0n) is 12.2. The summed E-state index contributed by atoms with van der Waals surface area (Å²) in [6.45, 7) is 0.214. The topological polar surface area (TPSA) is 41.9 Å². The molecule has 1 aromatic rings. The van der Waals surface area contributed by atoms with Crippen LogP contribution in [0.5, 0.6) is 5.75 Å². The summed E-state index contributed by atoms with van der Waals surface area (Å²) in [5, 5.41) is 9.51.